The molecule has 19 heavy (non-hydrogen) atoms. The van der Waals surface area contributed by atoms with Crippen LogP contribution in [0.2, 0.25) is 0 Å². The Morgan fingerprint density at radius 2 is 2.05 bits per heavy atom. The molecular weight excluding hydrogens is 427 g/mol. The van der Waals surface area contributed by atoms with Crippen molar-refractivity contribution in [2.24, 2.45) is 0 Å². The van der Waals surface area contributed by atoms with Gasteiger partial charge >= 0.3 is 5.69 Å². The van der Waals surface area contributed by atoms with E-state index < -0.39 is 11.2 Å². The molecule has 0 saturated heterocycles. The molecule has 0 fully saturated rings. The van der Waals surface area contributed by atoms with Gasteiger partial charge in [0.2, 0.25) is 0 Å². The number of H-pyrrole nitrogens is 1. The molecule has 1 N–H and O–H groups in total. The molecule has 0 amide bonds. The van der Waals surface area contributed by atoms with E-state index in [0.717, 1.165) is 18.8 Å². The quantitative estimate of drug-likeness (QED) is 0.581. The summed E-state index contributed by atoms with van der Waals surface area (Å²) in [6.45, 7) is 1.28. The van der Waals surface area contributed by atoms with Crippen LogP contribution in [0.25, 0.3) is 5.69 Å². The Labute approximate surface area is 129 Å². The molecule has 0 aliphatic rings. The fraction of sp³-hybridized carbons (Fsp3) is 0.0833. The number of benzene rings is 1. The van der Waals surface area contributed by atoms with Crippen molar-refractivity contribution in [2.45, 2.75) is 6.92 Å². The number of rotatable bonds is 2. The van der Waals surface area contributed by atoms with E-state index in [0.29, 0.717) is 5.69 Å². The summed E-state index contributed by atoms with van der Waals surface area (Å²) in [5, 5.41) is 0. The molecule has 0 aliphatic heterocycles. The molecule has 0 atom stereocenters. The first-order valence-electron chi connectivity index (χ1n) is 5.23. The van der Waals surface area contributed by atoms with E-state index >= 15 is 0 Å². The van der Waals surface area contributed by atoms with E-state index in [1.54, 1.807) is 18.2 Å². The molecule has 0 bridgehead atoms. The number of carbonyl (C=O) groups excluding carboxylic acids is 1. The third-order valence-corrected chi connectivity index (χ3v) is 4.84. The maximum atomic E-state index is 12.1. The van der Waals surface area contributed by atoms with Crippen LogP contribution in [0.3, 0.4) is 0 Å². The number of halogens is 2. The minimum Gasteiger partial charge on any atom is -0.313 e. The Kier molecular flexibility index (Phi) is 4.04. The van der Waals surface area contributed by atoms with Gasteiger partial charge in [0.1, 0.15) is 0 Å². The summed E-state index contributed by atoms with van der Waals surface area (Å²) in [5.41, 5.74) is -0.818. The highest BCUT2D eigenvalue weighted by Gasteiger charge is 2.13. The van der Waals surface area contributed by atoms with Crippen molar-refractivity contribution in [1.29, 1.82) is 0 Å². The average molecular weight is 435 g/mol. The molecule has 7 heteroatoms. The number of aromatic nitrogens is 2. The standard InChI is InChI=1S/C12H8BrIN2O3/c1-6(17)8-5-15-12(19)16(11(8)18)7-2-3-9(13)10(14)4-7/h2-5H,1H3,(H,15,19). The lowest BCUT2D eigenvalue weighted by Gasteiger charge is -2.07. The summed E-state index contributed by atoms with van der Waals surface area (Å²) in [7, 11) is 0. The number of ketones is 1. The summed E-state index contributed by atoms with van der Waals surface area (Å²) >= 11 is 5.42. The zero-order valence-electron chi connectivity index (χ0n) is 9.74. The third kappa shape index (κ3) is 2.71. The number of nitrogens with one attached hydrogen (secondary N) is 1. The van der Waals surface area contributed by atoms with Crippen molar-refractivity contribution in [1.82, 2.24) is 9.55 Å². The molecule has 0 unspecified atom stereocenters. The molecular formula is C12H8BrIN2O3. The van der Waals surface area contributed by atoms with E-state index in [1.807, 2.05) is 0 Å². The Balaban J connectivity index is 2.78. The number of hydrogen-bond donors (Lipinski definition) is 1. The van der Waals surface area contributed by atoms with Crippen LogP contribution >= 0.6 is 38.5 Å². The van der Waals surface area contributed by atoms with Crippen LogP contribution < -0.4 is 11.2 Å². The van der Waals surface area contributed by atoms with E-state index in [9.17, 15) is 14.4 Å². The Hall–Kier alpha value is -1.22. The Morgan fingerprint density at radius 3 is 2.63 bits per heavy atom. The summed E-state index contributed by atoms with van der Waals surface area (Å²) in [4.78, 5) is 37.7. The van der Waals surface area contributed by atoms with Gasteiger partial charge in [0.15, 0.2) is 5.78 Å². The normalized spacial score (nSPS) is 10.5. The van der Waals surface area contributed by atoms with Crippen LogP contribution in [-0.4, -0.2) is 15.3 Å². The SMILES string of the molecule is CC(=O)c1c[nH]c(=O)n(-c2ccc(Br)c(I)c2)c1=O. The van der Waals surface area contributed by atoms with E-state index in [2.05, 4.69) is 43.5 Å². The van der Waals surface area contributed by atoms with Crippen LogP contribution in [0.15, 0.2) is 38.5 Å². The van der Waals surface area contributed by atoms with Gasteiger partial charge in [-0.25, -0.2) is 9.36 Å². The highest BCUT2D eigenvalue weighted by Crippen LogP contribution is 2.20. The number of nitrogens with zero attached hydrogens (tertiary/aromatic N) is 1. The molecule has 98 valence electrons. The fourth-order valence-electron chi connectivity index (χ4n) is 1.58. The van der Waals surface area contributed by atoms with Crippen molar-refractivity contribution in [3.63, 3.8) is 0 Å². The van der Waals surface area contributed by atoms with Crippen LogP contribution in [0.5, 0.6) is 0 Å². The molecule has 1 heterocycles. The van der Waals surface area contributed by atoms with Gasteiger partial charge in [0.25, 0.3) is 5.56 Å². The lowest BCUT2D eigenvalue weighted by Crippen LogP contribution is -2.36. The molecule has 2 aromatic rings. The van der Waals surface area contributed by atoms with Crippen molar-refractivity contribution in [3.05, 3.63) is 58.8 Å². The van der Waals surface area contributed by atoms with Crippen LogP contribution in [0, 0.1) is 3.57 Å². The molecule has 0 spiro atoms. The number of aromatic amines is 1. The average Bonchev–Trinajstić information content (AvgIpc) is 2.33. The number of carbonyl (C=O) groups is 1. The highest BCUT2D eigenvalue weighted by atomic mass is 127. The molecule has 5 nitrogen and oxygen atoms in total. The zero-order chi connectivity index (χ0) is 14.2. The van der Waals surface area contributed by atoms with Gasteiger partial charge in [-0.2, -0.15) is 0 Å². The Bertz CT molecular complexity index is 779. The smallest absolute Gasteiger partial charge is 0.313 e. The predicted octanol–water partition coefficient (Wildman–Crippen LogP) is 2.10. The molecule has 1 aromatic carbocycles. The molecule has 0 radical (unpaired) electrons. The van der Waals surface area contributed by atoms with E-state index in [-0.39, 0.29) is 11.3 Å². The predicted molar refractivity (Wildman–Crippen MR) is 83.1 cm³/mol. The van der Waals surface area contributed by atoms with Gasteiger partial charge < -0.3 is 4.98 Å². The first-order valence-corrected chi connectivity index (χ1v) is 7.10. The van der Waals surface area contributed by atoms with Gasteiger partial charge in [-0.15, -0.1) is 0 Å². The second kappa shape index (κ2) is 5.41. The van der Waals surface area contributed by atoms with Crippen molar-refractivity contribution < 1.29 is 4.79 Å². The molecule has 0 aliphatic carbocycles. The minimum absolute atomic E-state index is 0.0440. The lowest BCUT2D eigenvalue weighted by molar-refractivity contribution is 0.101. The first kappa shape index (κ1) is 14.2. The minimum atomic E-state index is -0.616. The van der Waals surface area contributed by atoms with Crippen LogP contribution in [0.4, 0.5) is 0 Å². The largest absolute Gasteiger partial charge is 0.333 e. The third-order valence-electron chi connectivity index (χ3n) is 2.52. The van der Waals surface area contributed by atoms with Crippen molar-refractivity contribution in [3.8, 4) is 5.69 Å². The topological polar surface area (TPSA) is 71.9 Å². The van der Waals surface area contributed by atoms with Crippen molar-refractivity contribution in [2.75, 3.05) is 0 Å². The van der Waals surface area contributed by atoms with Gasteiger partial charge in [-0.3, -0.25) is 9.59 Å². The highest BCUT2D eigenvalue weighted by molar-refractivity contribution is 14.1. The molecule has 1 aromatic heterocycles. The van der Waals surface area contributed by atoms with Gasteiger partial charge in [0.05, 0.1) is 11.3 Å². The maximum Gasteiger partial charge on any atom is 0.333 e. The van der Waals surface area contributed by atoms with Gasteiger partial charge in [-0.1, -0.05) is 0 Å². The lowest BCUT2D eigenvalue weighted by atomic mass is 10.2. The van der Waals surface area contributed by atoms with Gasteiger partial charge in [0, 0.05) is 14.2 Å². The fourth-order valence-corrected chi connectivity index (χ4v) is 2.33. The number of Topliss-reactive ketones (excluding diaryl/α,β-unsaturated/α-hetero) is 1. The zero-order valence-corrected chi connectivity index (χ0v) is 13.5. The second-order valence-electron chi connectivity index (χ2n) is 3.80. The first-order chi connectivity index (χ1) is 8.91. The van der Waals surface area contributed by atoms with Crippen molar-refractivity contribution >= 4 is 44.3 Å². The second-order valence-corrected chi connectivity index (χ2v) is 5.82. The number of hydrogen-bond acceptors (Lipinski definition) is 3. The summed E-state index contributed by atoms with van der Waals surface area (Å²) in [5.74, 6) is -0.387. The maximum absolute atomic E-state index is 12.1. The summed E-state index contributed by atoms with van der Waals surface area (Å²) in [6, 6.07) is 5.06. The van der Waals surface area contributed by atoms with Gasteiger partial charge in [-0.05, 0) is 63.6 Å². The molecule has 0 saturated carbocycles. The summed E-state index contributed by atoms with van der Waals surface area (Å²) < 4.78 is 2.67. The molecule has 2 rings (SSSR count). The van der Waals surface area contributed by atoms with Crippen LogP contribution in [-0.2, 0) is 0 Å². The van der Waals surface area contributed by atoms with Crippen LogP contribution in [0.1, 0.15) is 17.3 Å². The Morgan fingerprint density at radius 1 is 1.37 bits per heavy atom. The summed E-state index contributed by atoms with van der Waals surface area (Å²) in [6.07, 6.45) is 1.15. The monoisotopic (exact) mass is 434 g/mol. The van der Waals surface area contributed by atoms with E-state index in [4.69, 9.17) is 0 Å². The van der Waals surface area contributed by atoms with E-state index in [1.165, 1.54) is 6.92 Å².